The van der Waals surface area contributed by atoms with Crippen molar-refractivity contribution >= 4 is 81.5 Å². The quantitative estimate of drug-likeness (QED) is 0.0825. The molecule has 0 aromatic heterocycles. The normalized spacial score (nSPS) is 11.8. The maximum atomic E-state index is 13.6. The molecule has 0 radical (unpaired) electrons. The van der Waals surface area contributed by atoms with Crippen LogP contribution in [0.1, 0.15) is 11.5 Å². The number of hydrogen-bond donors (Lipinski definition) is 0. The zero-order valence-electron chi connectivity index (χ0n) is 18.0. The van der Waals surface area contributed by atoms with Crippen LogP contribution in [0.3, 0.4) is 0 Å². The molecule has 0 amide bonds. The first kappa shape index (κ1) is 29.2. The lowest BCUT2D eigenvalue weighted by Crippen LogP contribution is -2.39. The highest BCUT2D eigenvalue weighted by molar-refractivity contribution is 6.41. The minimum absolute atomic E-state index is 0.0681. The molecule has 3 rings (SSSR count). The summed E-state index contributed by atoms with van der Waals surface area (Å²) in [6.45, 7) is -0.940. The molecule has 0 aliphatic carbocycles. The van der Waals surface area contributed by atoms with E-state index >= 15 is 0 Å². The predicted molar refractivity (Wildman–Crippen MR) is 139 cm³/mol. The Morgan fingerprint density at radius 3 is 1.51 bits per heavy atom. The van der Waals surface area contributed by atoms with Crippen molar-refractivity contribution in [2.24, 2.45) is 5.92 Å². The number of benzene rings is 3. The number of hydrogen-bond acceptors (Lipinski definition) is 6. The molecule has 0 saturated carbocycles. The smallest absolute Gasteiger partial charge is 0.326 e. The second-order valence-corrected chi connectivity index (χ2v) is 9.89. The molecule has 0 spiro atoms. The second kappa shape index (κ2) is 12.5. The molecule has 3 aromatic carbocycles. The number of nitrogens with zero attached hydrogens (tertiary/aromatic N) is 1. The van der Waals surface area contributed by atoms with Crippen molar-refractivity contribution in [3.8, 4) is 11.5 Å². The van der Waals surface area contributed by atoms with Gasteiger partial charge in [-0.3, -0.25) is 19.7 Å². The van der Waals surface area contributed by atoms with Crippen molar-refractivity contribution < 1.29 is 28.4 Å². The van der Waals surface area contributed by atoms with Crippen molar-refractivity contribution in [3.63, 3.8) is 0 Å². The number of halogens is 7. The van der Waals surface area contributed by atoms with Crippen LogP contribution in [0.25, 0.3) is 0 Å². The summed E-state index contributed by atoms with van der Waals surface area (Å²) in [5.41, 5.74) is 0.0681. The molecular weight excluding hydrogens is 618 g/mol. The number of ether oxygens (including phenoxy) is 2. The third-order valence-corrected chi connectivity index (χ3v) is 6.45. The first-order chi connectivity index (χ1) is 17.4. The van der Waals surface area contributed by atoms with Gasteiger partial charge in [0.25, 0.3) is 0 Å². The van der Waals surface area contributed by atoms with Gasteiger partial charge in [-0.25, -0.2) is 4.39 Å². The van der Waals surface area contributed by atoms with E-state index in [-0.39, 0.29) is 47.2 Å². The summed E-state index contributed by atoms with van der Waals surface area (Å²) in [4.78, 5) is 37.5. The van der Waals surface area contributed by atoms with Crippen molar-refractivity contribution in [1.29, 1.82) is 0 Å². The van der Waals surface area contributed by atoms with E-state index in [0.717, 1.165) is 12.1 Å². The van der Waals surface area contributed by atoms with E-state index in [0.29, 0.717) is 0 Å². The number of nitro groups is 1. The van der Waals surface area contributed by atoms with Crippen LogP contribution in [0.5, 0.6) is 11.5 Å². The van der Waals surface area contributed by atoms with Gasteiger partial charge in [-0.2, -0.15) is 0 Å². The number of carbonyl (C=O) groups is 2. The molecule has 3 aromatic rings. The molecule has 0 aliphatic heterocycles. The molecule has 1 unspecified atom stereocenters. The number of rotatable bonds is 8. The second-order valence-electron chi connectivity index (χ2n) is 7.39. The molecule has 0 aliphatic rings. The van der Waals surface area contributed by atoms with Gasteiger partial charge in [0.1, 0.15) is 5.82 Å². The van der Waals surface area contributed by atoms with Gasteiger partial charge in [-0.05, 0) is 42.0 Å². The van der Waals surface area contributed by atoms with Gasteiger partial charge in [0.15, 0.2) is 17.4 Å². The summed E-state index contributed by atoms with van der Waals surface area (Å²) in [6.07, 6.45) is 0. The maximum absolute atomic E-state index is 13.6. The van der Waals surface area contributed by atoms with E-state index in [1.54, 1.807) is 0 Å². The predicted octanol–water partition coefficient (Wildman–Crippen LogP) is 7.93. The van der Waals surface area contributed by atoms with E-state index in [1.165, 1.54) is 36.4 Å². The van der Waals surface area contributed by atoms with Crippen molar-refractivity contribution in [2.45, 2.75) is 5.92 Å². The molecule has 0 N–H and O–H groups in total. The Balaban J connectivity index is 2.10. The largest absolute Gasteiger partial charge is 0.423 e. The maximum Gasteiger partial charge on any atom is 0.326 e. The molecule has 14 heteroatoms. The molecule has 0 heterocycles. The van der Waals surface area contributed by atoms with Gasteiger partial charge in [0.2, 0.25) is 6.54 Å². The lowest BCUT2D eigenvalue weighted by molar-refractivity contribution is -0.484. The molecule has 7 nitrogen and oxygen atoms in total. The van der Waals surface area contributed by atoms with Crippen LogP contribution in [0, 0.1) is 21.8 Å². The fraction of sp³-hybridized carbons (Fsp3) is 0.130. The Morgan fingerprint density at radius 1 is 0.784 bits per heavy atom. The van der Waals surface area contributed by atoms with Crippen molar-refractivity contribution in [3.05, 3.63) is 100 Å². The minimum atomic E-state index is -1.98. The highest BCUT2D eigenvalue weighted by Gasteiger charge is 2.43. The van der Waals surface area contributed by atoms with Gasteiger partial charge < -0.3 is 9.47 Å². The van der Waals surface area contributed by atoms with Gasteiger partial charge in [0.05, 0.1) is 26.0 Å². The van der Waals surface area contributed by atoms with Crippen molar-refractivity contribution in [2.75, 3.05) is 6.54 Å². The molecule has 0 saturated heterocycles. The summed E-state index contributed by atoms with van der Waals surface area (Å²) in [6, 6.07) is 9.30. The van der Waals surface area contributed by atoms with Crippen LogP contribution in [0.4, 0.5) is 4.39 Å². The van der Waals surface area contributed by atoms with Crippen LogP contribution in [0.15, 0.2) is 48.5 Å². The zero-order valence-corrected chi connectivity index (χ0v) is 22.6. The van der Waals surface area contributed by atoms with E-state index < -0.39 is 41.1 Å². The van der Waals surface area contributed by atoms with E-state index in [4.69, 9.17) is 79.1 Å². The molecule has 0 bridgehead atoms. The Morgan fingerprint density at radius 2 is 1.16 bits per heavy atom. The Bertz CT molecular complexity index is 1250. The van der Waals surface area contributed by atoms with Crippen LogP contribution in [-0.4, -0.2) is 23.4 Å². The van der Waals surface area contributed by atoms with E-state index in [1.807, 2.05) is 0 Å². The highest BCUT2D eigenvalue weighted by Crippen LogP contribution is 2.39. The summed E-state index contributed by atoms with van der Waals surface area (Å²) in [5.74, 6) is -7.44. The number of carbonyl (C=O) groups excluding carboxylic acids is 2. The Kier molecular flexibility index (Phi) is 9.86. The van der Waals surface area contributed by atoms with Crippen LogP contribution in [-0.2, 0) is 9.59 Å². The summed E-state index contributed by atoms with van der Waals surface area (Å²) in [5, 5.41) is 11.1. The fourth-order valence-corrected chi connectivity index (χ4v) is 5.07. The zero-order chi connectivity index (χ0) is 27.4. The van der Waals surface area contributed by atoms with Gasteiger partial charge in [-0.15, -0.1) is 0 Å². The molecule has 194 valence electrons. The average Bonchev–Trinajstić information content (AvgIpc) is 2.78. The molecule has 0 fully saturated rings. The summed E-state index contributed by atoms with van der Waals surface area (Å²) < 4.78 is 24.1. The fourth-order valence-electron chi connectivity index (χ4n) is 3.28. The standard InChI is InChI=1S/C23H12Cl6FNO6/c24-11-5-15(26)20(16(27)6-11)36-22(32)19(14(9-31(34)35)10-1-3-13(30)4-2-10)23(33)37-21-17(28)7-12(25)8-18(21)29/h1-8,14,19H,9H2. The highest BCUT2D eigenvalue weighted by atomic mass is 35.5. The van der Waals surface area contributed by atoms with Gasteiger partial charge in [0, 0.05) is 15.0 Å². The van der Waals surface area contributed by atoms with Crippen LogP contribution < -0.4 is 9.47 Å². The topological polar surface area (TPSA) is 95.7 Å². The Labute approximate surface area is 239 Å². The minimum Gasteiger partial charge on any atom is -0.423 e. The van der Waals surface area contributed by atoms with Gasteiger partial charge in [-0.1, -0.05) is 81.7 Å². The monoisotopic (exact) mass is 627 g/mol. The molecule has 1 atom stereocenters. The van der Waals surface area contributed by atoms with Crippen LogP contribution >= 0.6 is 69.6 Å². The third kappa shape index (κ3) is 7.37. The lowest BCUT2D eigenvalue weighted by atomic mass is 9.85. The Hall–Kier alpha value is -2.33. The first-order valence-corrected chi connectivity index (χ1v) is 12.2. The summed E-state index contributed by atoms with van der Waals surface area (Å²) >= 11 is 36.1. The van der Waals surface area contributed by atoms with E-state index in [9.17, 15) is 24.1 Å². The lowest BCUT2D eigenvalue weighted by Gasteiger charge is -2.23. The molecular formula is C23H12Cl6FNO6. The van der Waals surface area contributed by atoms with Gasteiger partial charge >= 0.3 is 11.9 Å². The van der Waals surface area contributed by atoms with Crippen molar-refractivity contribution in [1.82, 2.24) is 0 Å². The molecule has 37 heavy (non-hydrogen) atoms. The van der Waals surface area contributed by atoms with Crippen LogP contribution in [0.2, 0.25) is 30.1 Å². The SMILES string of the molecule is O=C(Oc1c(Cl)cc(Cl)cc1Cl)C(C(=O)Oc1c(Cl)cc(Cl)cc1Cl)C(C[N+](=O)[O-])c1ccc(F)cc1. The third-order valence-electron chi connectivity index (χ3n) is 4.89. The summed E-state index contributed by atoms with van der Waals surface area (Å²) in [7, 11) is 0. The first-order valence-electron chi connectivity index (χ1n) is 9.97. The average molecular weight is 630 g/mol. The number of esters is 2. The van der Waals surface area contributed by atoms with E-state index in [2.05, 4.69) is 0 Å².